The Morgan fingerprint density at radius 2 is 0.634 bits per heavy atom. The van der Waals surface area contributed by atoms with E-state index in [1.165, 1.54) is 36.4 Å². The zero-order valence-electron chi connectivity index (χ0n) is 34.7. The van der Waals surface area contributed by atoms with Crippen molar-refractivity contribution >= 4 is 97.9 Å². The van der Waals surface area contributed by atoms with Crippen molar-refractivity contribution in [2.75, 3.05) is 0 Å². The van der Waals surface area contributed by atoms with E-state index in [2.05, 4.69) is 40.9 Å². The summed E-state index contributed by atoms with van der Waals surface area (Å²) in [5.41, 5.74) is -3.90. The Bertz CT molecular complexity index is 3560. The molecule has 0 aliphatic heterocycles. The molecule has 10 N–H and O–H groups in total. The summed E-state index contributed by atoms with van der Waals surface area (Å²) in [6, 6.07) is 14.7. The Balaban J connectivity index is 1.23. The van der Waals surface area contributed by atoms with Crippen molar-refractivity contribution in [2.45, 2.75) is 26.0 Å². The van der Waals surface area contributed by atoms with Crippen LogP contribution in [0, 0.1) is 0 Å². The molecular formula is C39H28N8O20S4. The maximum absolute atomic E-state index is 12.3. The fourth-order valence-corrected chi connectivity index (χ4v) is 8.35. The molecule has 0 heterocycles. The van der Waals surface area contributed by atoms with E-state index < -0.39 is 140 Å². The zero-order chi connectivity index (χ0) is 52.4. The van der Waals surface area contributed by atoms with Gasteiger partial charge in [-0.05, 0) is 78.2 Å². The number of carboxylic acid groups (broad SMARTS) is 2. The number of rotatable bonds is 16. The van der Waals surface area contributed by atoms with Gasteiger partial charge in [0.15, 0.2) is 0 Å². The highest BCUT2D eigenvalue weighted by Crippen LogP contribution is 2.42. The lowest BCUT2D eigenvalue weighted by Gasteiger charge is -2.08. The Labute approximate surface area is 397 Å². The van der Waals surface area contributed by atoms with E-state index in [9.17, 15) is 92.1 Å². The van der Waals surface area contributed by atoms with Gasteiger partial charge in [-0.3, -0.25) is 18.2 Å². The van der Waals surface area contributed by atoms with E-state index in [0.29, 0.717) is 23.3 Å². The van der Waals surface area contributed by atoms with E-state index in [0.717, 1.165) is 48.5 Å². The fraction of sp³-hybridized carbons (Fsp3) is 0.0256. The Morgan fingerprint density at radius 3 is 0.915 bits per heavy atom. The monoisotopic (exact) mass is 1060 g/mol. The second-order valence-electron chi connectivity index (χ2n) is 14.1. The van der Waals surface area contributed by atoms with Gasteiger partial charge in [0.2, 0.25) is 0 Å². The van der Waals surface area contributed by atoms with Crippen LogP contribution in [0.5, 0.6) is 23.0 Å². The molecule has 0 saturated carbocycles. The van der Waals surface area contributed by atoms with Crippen LogP contribution in [-0.2, 0) is 46.9 Å². The average Bonchev–Trinajstić information content (AvgIpc) is 3.26. The summed E-state index contributed by atoms with van der Waals surface area (Å²) in [6.07, 6.45) is -0.0781. The number of carbonyl (C=O) groups is 2. The standard InChI is InChI=1S/C39H28N8O20S4/c48-32-16-34(50)30(46-42-26-7-3-20(68(56,57)58)12-36(26)70(62,63)64)14-28(32)44-40-24-5-1-18(10-22(24)38(52)53)9-19-2-6-25(23(11-19)39(54)55)41-45-29-15-31(35(51)17-33(29)49)47-43-27-8-4-21(69(59,60)61)13-37(27)71(65,66)67/h1-8,10-17,48-51H,9H2,(H,52,53)(H,54,55)(H,56,57,58)(H,59,60,61)(H,62,63,64)(H,65,66,67). The Morgan fingerprint density at radius 1 is 0.352 bits per heavy atom. The van der Waals surface area contributed by atoms with Crippen LogP contribution in [0.3, 0.4) is 0 Å². The van der Waals surface area contributed by atoms with Crippen LogP contribution < -0.4 is 0 Å². The summed E-state index contributed by atoms with van der Waals surface area (Å²) >= 11 is 0. The lowest BCUT2D eigenvalue weighted by atomic mass is 9.99. The molecule has 32 heteroatoms. The van der Waals surface area contributed by atoms with Crippen molar-refractivity contribution < 1.29 is 92.1 Å². The first-order valence-electron chi connectivity index (χ1n) is 18.7. The van der Waals surface area contributed by atoms with Crippen molar-refractivity contribution in [1.29, 1.82) is 0 Å². The number of hydrogen-bond donors (Lipinski definition) is 10. The summed E-state index contributed by atoms with van der Waals surface area (Å²) in [6.45, 7) is 0. The number of azo groups is 4. The van der Waals surface area contributed by atoms with Gasteiger partial charge in [-0.25, -0.2) is 9.59 Å². The highest BCUT2D eigenvalue weighted by molar-refractivity contribution is 7.87. The zero-order valence-corrected chi connectivity index (χ0v) is 38.0. The highest BCUT2D eigenvalue weighted by atomic mass is 32.2. The van der Waals surface area contributed by atoms with Crippen LogP contribution in [0.25, 0.3) is 0 Å². The third kappa shape index (κ3) is 12.6. The summed E-state index contributed by atoms with van der Waals surface area (Å²) in [4.78, 5) is 20.6. The minimum Gasteiger partial charge on any atom is -0.505 e. The molecule has 71 heavy (non-hydrogen) atoms. The normalized spacial score (nSPS) is 12.7. The van der Waals surface area contributed by atoms with Crippen LogP contribution >= 0.6 is 0 Å². The molecule has 0 atom stereocenters. The van der Waals surface area contributed by atoms with Crippen molar-refractivity contribution in [3.8, 4) is 23.0 Å². The number of carboxylic acids is 2. The highest BCUT2D eigenvalue weighted by Gasteiger charge is 2.23. The maximum atomic E-state index is 12.3. The van der Waals surface area contributed by atoms with Gasteiger partial charge in [0, 0.05) is 24.3 Å². The van der Waals surface area contributed by atoms with Crippen molar-refractivity contribution in [2.24, 2.45) is 40.9 Å². The Kier molecular flexibility index (Phi) is 14.5. The third-order valence-corrected chi connectivity index (χ3v) is 12.7. The van der Waals surface area contributed by atoms with Gasteiger partial charge in [0.25, 0.3) is 40.5 Å². The van der Waals surface area contributed by atoms with E-state index in [1.807, 2.05) is 0 Å². The number of phenols is 4. The van der Waals surface area contributed by atoms with E-state index in [4.69, 9.17) is 0 Å². The molecule has 6 aromatic carbocycles. The number of benzene rings is 6. The van der Waals surface area contributed by atoms with Gasteiger partial charge in [-0.15, -0.1) is 40.9 Å². The summed E-state index contributed by atoms with van der Waals surface area (Å²) in [7, 11) is -20.1. The molecule has 0 spiro atoms. The smallest absolute Gasteiger partial charge is 0.337 e. The van der Waals surface area contributed by atoms with Crippen molar-refractivity contribution in [3.05, 3.63) is 119 Å². The molecule has 0 aromatic heterocycles. The molecule has 0 saturated heterocycles. The van der Waals surface area contributed by atoms with Crippen molar-refractivity contribution in [1.82, 2.24) is 0 Å². The van der Waals surface area contributed by atoms with Gasteiger partial charge in [-0.1, -0.05) is 12.1 Å². The summed E-state index contributed by atoms with van der Waals surface area (Å²) in [5, 5.41) is 91.4. The molecule has 0 fully saturated rings. The SMILES string of the molecule is O=C(O)c1cc(Cc2ccc(N=Nc3cc(N=Nc4ccc(S(=O)(=O)O)cc4S(=O)(=O)O)c(O)cc3O)c(C(=O)O)c2)ccc1N=Nc1cc(N=Nc2ccc(S(=O)(=O)O)cc2S(=O)(=O)O)c(O)cc1O. The van der Waals surface area contributed by atoms with E-state index in [1.54, 1.807) is 0 Å². The van der Waals surface area contributed by atoms with Gasteiger partial charge >= 0.3 is 11.9 Å². The largest absolute Gasteiger partial charge is 0.505 e. The van der Waals surface area contributed by atoms with Gasteiger partial charge in [0.05, 0.1) is 20.9 Å². The number of hydrogen-bond acceptors (Lipinski definition) is 22. The number of nitrogens with zero attached hydrogens (tertiary/aromatic N) is 8. The molecule has 6 aromatic rings. The first-order chi connectivity index (χ1) is 33.0. The van der Waals surface area contributed by atoms with E-state index in [-0.39, 0.29) is 17.8 Å². The molecule has 0 aliphatic rings. The average molecular weight is 1060 g/mol. The predicted molar refractivity (Wildman–Crippen MR) is 238 cm³/mol. The molecule has 368 valence electrons. The van der Waals surface area contributed by atoms with Crippen LogP contribution in [-0.4, -0.2) is 94.5 Å². The van der Waals surface area contributed by atoms with E-state index >= 15 is 0 Å². The van der Waals surface area contributed by atoms with Crippen LogP contribution in [0.1, 0.15) is 31.8 Å². The third-order valence-electron chi connectivity index (χ3n) is 9.21. The quantitative estimate of drug-likeness (QED) is 0.0323. The molecular weight excluding hydrogens is 1030 g/mol. The second-order valence-corrected chi connectivity index (χ2v) is 19.7. The van der Waals surface area contributed by atoms with Crippen molar-refractivity contribution in [3.63, 3.8) is 0 Å². The fourth-order valence-electron chi connectivity index (χ4n) is 5.89. The first-order valence-corrected chi connectivity index (χ1v) is 24.4. The maximum Gasteiger partial charge on any atom is 0.337 e. The van der Waals surface area contributed by atoms with Gasteiger partial charge in [0.1, 0.15) is 78.3 Å². The Hall–Kier alpha value is -8.50. The molecule has 0 amide bonds. The van der Waals surface area contributed by atoms with Crippen LogP contribution in [0.4, 0.5) is 45.5 Å². The second kappa shape index (κ2) is 19.8. The molecule has 0 radical (unpaired) electrons. The van der Waals surface area contributed by atoms with Crippen LogP contribution in [0.2, 0.25) is 0 Å². The topological polar surface area (TPSA) is 472 Å². The lowest BCUT2D eigenvalue weighted by molar-refractivity contribution is 0.0687. The minimum absolute atomic E-state index is 0.0781. The minimum atomic E-state index is -5.14. The van der Waals surface area contributed by atoms with Gasteiger partial charge in [-0.2, -0.15) is 33.7 Å². The number of phenolic OH excluding ortho intramolecular Hbond substituents is 4. The predicted octanol–water partition coefficient (Wildman–Crippen LogP) is 8.14. The summed E-state index contributed by atoms with van der Waals surface area (Å²) in [5.74, 6) is -5.89. The molecule has 28 nitrogen and oxygen atoms in total. The molecule has 0 unspecified atom stereocenters. The first kappa shape index (κ1) is 51.9. The molecule has 0 aliphatic carbocycles. The lowest BCUT2D eigenvalue weighted by Crippen LogP contribution is -2.03. The van der Waals surface area contributed by atoms with Gasteiger partial charge < -0.3 is 30.6 Å². The molecule has 0 bridgehead atoms. The number of aromatic carboxylic acids is 2. The number of aromatic hydroxyl groups is 4. The summed E-state index contributed by atoms with van der Waals surface area (Å²) < 4.78 is 131. The molecule has 6 rings (SSSR count). The van der Waals surface area contributed by atoms with Crippen LogP contribution in [0.15, 0.2) is 158 Å².